The van der Waals surface area contributed by atoms with Crippen molar-refractivity contribution in [2.24, 2.45) is 0 Å². The number of aromatic carboxylic acids is 1. The molecule has 1 rings (SSSR count). The second-order valence-electron chi connectivity index (χ2n) is 3.16. The maximum atomic E-state index is 10.9. The third-order valence-corrected chi connectivity index (χ3v) is 2.80. The molecule has 13 heavy (non-hydrogen) atoms. The molecule has 0 aromatic heterocycles. The number of carbonyl (C=O) groups is 1. The summed E-state index contributed by atoms with van der Waals surface area (Å²) in [5.74, 6) is -0.596. The Balaban J connectivity index is 3.34. The van der Waals surface area contributed by atoms with Crippen LogP contribution in [-0.4, -0.2) is 11.1 Å². The molecule has 0 aliphatic heterocycles. The minimum Gasteiger partial charge on any atom is -0.478 e. The second-order valence-corrected chi connectivity index (χ2v) is 4.32. The Hall–Kier alpha value is -0.580. The fourth-order valence-electron chi connectivity index (χ4n) is 1.31. The molecule has 0 saturated heterocycles. The molecule has 1 aromatic rings. The first-order valence-corrected chi connectivity index (χ1v) is 5.13. The van der Waals surface area contributed by atoms with Crippen LogP contribution in [0.1, 0.15) is 35.7 Å². The SMILES string of the molecule is CC(C)c1c(I)cccc1C(=O)O. The van der Waals surface area contributed by atoms with E-state index in [4.69, 9.17) is 5.11 Å². The van der Waals surface area contributed by atoms with E-state index in [-0.39, 0.29) is 5.92 Å². The molecular weight excluding hydrogens is 279 g/mol. The summed E-state index contributed by atoms with van der Waals surface area (Å²) in [6, 6.07) is 5.36. The summed E-state index contributed by atoms with van der Waals surface area (Å²) >= 11 is 2.17. The van der Waals surface area contributed by atoms with E-state index in [1.54, 1.807) is 12.1 Å². The summed E-state index contributed by atoms with van der Waals surface area (Å²) in [6.07, 6.45) is 0. The van der Waals surface area contributed by atoms with E-state index in [0.717, 1.165) is 9.13 Å². The first kappa shape index (κ1) is 10.5. The van der Waals surface area contributed by atoms with Gasteiger partial charge in [0, 0.05) is 3.57 Å². The van der Waals surface area contributed by atoms with Crippen molar-refractivity contribution in [3.63, 3.8) is 0 Å². The Labute approximate surface area is 91.1 Å². The monoisotopic (exact) mass is 290 g/mol. The summed E-state index contributed by atoms with van der Waals surface area (Å²) in [7, 11) is 0. The molecule has 0 saturated carbocycles. The molecule has 0 atom stereocenters. The van der Waals surface area contributed by atoms with Crippen molar-refractivity contribution in [3.05, 3.63) is 32.9 Å². The average Bonchev–Trinajstić information content (AvgIpc) is 2.02. The minimum absolute atomic E-state index is 0.249. The van der Waals surface area contributed by atoms with Crippen LogP contribution in [-0.2, 0) is 0 Å². The topological polar surface area (TPSA) is 37.3 Å². The van der Waals surface area contributed by atoms with Crippen molar-refractivity contribution in [2.45, 2.75) is 19.8 Å². The van der Waals surface area contributed by atoms with Gasteiger partial charge in [-0.3, -0.25) is 0 Å². The summed E-state index contributed by atoms with van der Waals surface area (Å²) in [5, 5.41) is 8.94. The molecule has 70 valence electrons. The Kier molecular flexibility index (Phi) is 3.30. The van der Waals surface area contributed by atoms with Crippen molar-refractivity contribution in [1.82, 2.24) is 0 Å². The van der Waals surface area contributed by atoms with Gasteiger partial charge in [0.15, 0.2) is 0 Å². The van der Waals surface area contributed by atoms with E-state index in [1.165, 1.54) is 0 Å². The maximum Gasteiger partial charge on any atom is 0.336 e. The molecule has 1 N–H and O–H groups in total. The van der Waals surface area contributed by atoms with Gasteiger partial charge in [-0.15, -0.1) is 0 Å². The van der Waals surface area contributed by atoms with Crippen molar-refractivity contribution < 1.29 is 9.90 Å². The van der Waals surface area contributed by atoms with Crippen LogP contribution in [0.25, 0.3) is 0 Å². The first-order chi connectivity index (χ1) is 6.04. The van der Waals surface area contributed by atoms with Crippen LogP contribution < -0.4 is 0 Å². The summed E-state index contributed by atoms with van der Waals surface area (Å²) < 4.78 is 1.02. The number of carboxylic acids is 1. The van der Waals surface area contributed by atoms with Crippen LogP contribution in [0.5, 0.6) is 0 Å². The molecule has 2 nitrogen and oxygen atoms in total. The van der Waals surface area contributed by atoms with Gasteiger partial charge in [0.25, 0.3) is 0 Å². The third kappa shape index (κ3) is 2.21. The van der Waals surface area contributed by atoms with Gasteiger partial charge in [0.05, 0.1) is 5.56 Å². The second kappa shape index (κ2) is 4.09. The minimum atomic E-state index is -0.845. The number of carboxylic acid groups (broad SMARTS) is 1. The molecule has 0 unspecified atom stereocenters. The molecule has 0 spiro atoms. The standard InChI is InChI=1S/C10H11IO2/c1-6(2)9-7(10(12)13)4-3-5-8(9)11/h3-6H,1-2H3,(H,12,13). The molecule has 0 fully saturated rings. The van der Waals surface area contributed by atoms with E-state index >= 15 is 0 Å². The Bertz CT molecular complexity index is 332. The smallest absolute Gasteiger partial charge is 0.336 e. The highest BCUT2D eigenvalue weighted by Crippen LogP contribution is 2.25. The van der Waals surface area contributed by atoms with Gasteiger partial charge in [-0.1, -0.05) is 19.9 Å². The van der Waals surface area contributed by atoms with Crippen LogP contribution in [0.4, 0.5) is 0 Å². The maximum absolute atomic E-state index is 10.9. The molecule has 0 aliphatic carbocycles. The number of halogens is 1. The lowest BCUT2D eigenvalue weighted by atomic mass is 9.97. The fourth-order valence-corrected chi connectivity index (χ4v) is 2.43. The predicted octanol–water partition coefficient (Wildman–Crippen LogP) is 3.11. The highest BCUT2D eigenvalue weighted by atomic mass is 127. The van der Waals surface area contributed by atoms with Crippen molar-refractivity contribution in [1.29, 1.82) is 0 Å². The van der Waals surface area contributed by atoms with Gasteiger partial charge in [-0.05, 0) is 46.2 Å². The Morgan fingerprint density at radius 3 is 2.46 bits per heavy atom. The quantitative estimate of drug-likeness (QED) is 0.850. The van der Waals surface area contributed by atoms with Crippen molar-refractivity contribution in [3.8, 4) is 0 Å². The van der Waals surface area contributed by atoms with Crippen LogP contribution in [0, 0.1) is 3.57 Å². The van der Waals surface area contributed by atoms with Crippen molar-refractivity contribution >= 4 is 28.6 Å². The zero-order valence-electron chi connectivity index (χ0n) is 7.54. The van der Waals surface area contributed by atoms with Gasteiger partial charge < -0.3 is 5.11 Å². The molecular formula is C10H11IO2. The van der Waals surface area contributed by atoms with Crippen LogP contribution >= 0.6 is 22.6 Å². The normalized spacial score (nSPS) is 10.5. The van der Waals surface area contributed by atoms with Crippen molar-refractivity contribution in [2.75, 3.05) is 0 Å². The Morgan fingerprint density at radius 2 is 2.08 bits per heavy atom. The number of hydrogen-bond acceptors (Lipinski definition) is 1. The number of hydrogen-bond donors (Lipinski definition) is 1. The highest BCUT2D eigenvalue weighted by molar-refractivity contribution is 14.1. The molecule has 0 amide bonds. The van der Waals surface area contributed by atoms with Gasteiger partial charge in [0.2, 0.25) is 0 Å². The summed E-state index contributed by atoms with van der Waals surface area (Å²) in [5.41, 5.74) is 1.34. The molecule has 0 heterocycles. The third-order valence-electron chi connectivity index (χ3n) is 1.86. The lowest BCUT2D eigenvalue weighted by Gasteiger charge is -2.11. The fraction of sp³-hybridized carbons (Fsp3) is 0.300. The Morgan fingerprint density at radius 1 is 1.46 bits per heavy atom. The molecule has 0 aliphatic rings. The molecule has 1 aromatic carbocycles. The van der Waals surface area contributed by atoms with Crippen LogP contribution in [0.3, 0.4) is 0 Å². The predicted molar refractivity (Wildman–Crippen MR) is 60.2 cm³/mol. The zero-order chi connectivity index (χ0) is 10.0. The van der Waals surface area contributed by atoms with E-state index in [2.05, 4.69) is 22.6 Å². The van der Waals surface area contributed by atoms with Gasteiger partial charge in [-0.25, -0.2) is 4.79 Å². The van der Waals surface area contributed by atoms with E-state index < -0.39 is 5.97 Å². The van der Waals surface area contributed by atoms with Gasteiger partial charge in [-0.2, -0.15) is 0 Å². The van der Waals surface area contributed by atoms with Crippen LogP contribution in [0.15, 0.2) is 18.2 Å². The first-order valence-electron chi connectivity index (χ1n) is 4.05. The average molecular weight is 290 g/mol. The highest BCUT2D eigenvalue weighted by Gasteiger charge is 2.14. The van der Waals surface area contributed by atoms with Crippen LogP contribution in [0.2, 0.25) is 0 Å². The van der Waals surface area contributed by atoms with E-state index in [1.807, 2.05) is 19.9 Å². The van der Waals surface area contributed by atoms with Gasteiger partial charge in [0.1, 0.15) is 0 Å². The molecule has 0 radical (unpaired) electrons. The summed E-state index contributed by atoms with van der Waals surface area (Å²) in [6.45, 7) is 4.01. The number of rotatable bonds is 2. The van der Waals surface area contributed by atoms with Gasteiger partial charge >= 0.3 is 5.97 Å². The summed E-state index contributed by atoms with van der Waals surface area (Å²) in [4.78, 5) is 10.9. The lowest BCUT2D eigenvalue weighted by Crippen LogP contribution is -2.05. The molecule has 3 heteroatoms. The molecule has 0 bridgehead atoms. The van der Waals surface area contributed by atoms with E-state index in [9.17, 15) is 4.79 Å². The van der Waals surface area contributed by atoms with E-state index in [0.29, 0.717) is 5.56 Å². The largest absolute Gasteiger partial charge is 0.478 e. The lowest BCUT2D eigenvalue weighted by molar-refractivity contribution is 0.0695. The number of benzene rings is 1. The zero-order valence-corrected chi connectivity index (χ0v) is 9.70.